The zero-order chi connectivity index (χ0) is 17.3. The third kappa shape index (κ3) is 4.42. The first-order valence-electron chi connectivity index (χ1n) is 8.21. The quantitative estimate of drug-likeness (QED) is 0.854. The SMILES string of the molecule is O=C(NC1CC(NC2CCC(F)(F)CC2)C1)c1cc(F)cc(Cl)c1. The zero-order valence-electron chi connectivity index (χ0n) is 13.1. The molecule has 3 nitrogen and oxygen atoms in total. The van der Waals surface area contributed by atoms with Crippen molar-refractivity contribution in [2.75, 3.05) is 0 Å². The van der Waals surface area contributed by atoms with Gasteiger partial charge in [-0.1, -0.05) is 11.6 Å². The number of rotatable bonds is 4. The number of nitrogens with one attached hydrogen (secondary N) is 2. The molecule has 2 saturated carbocycles. The van der Waals surface area contributed by atoms with Gasteiger partial charge in [0, 0.05) is 41.6 Å². The molecule has 1 amide bonds. The van der Waals surface area contributed by atoms with E-state index in [0.717, 1.165) is 25.0 Å². The number of halogens is 4. The molecule has 2 fully saturated rings. The van der Waals surface area contributed by atoms with Crippen LogP contribution in [0.2, 0.25) is 5.02 Å². The molecule has 1 aromatic carbocycles. The van der Waals surface area contributed by atoms with Crippen LogP contribution in [0.15, 0.2) is 18.2 Å². The number of amides is 1. The smallest absolute Gasteiger partial charge is 0.251 e. The van der Waals surface area contributed by atoms with Gasteiger partial charge in [-0.2, -0.15) is 0 Å². The van der Waals surface area contributed by atoms with Crippen molar-refractivity contribution in [3.63, 3.8) is 0 Å². The molecular weight excluding hydrogens is 341 g/mol. The summed E-state index contributed by atoms with van der Waals surface area (Å²) in [4.78, 5) is 12.1. The van der Waals surface area contributed by atoms with Crippen molar-refractivity contribution >= 4 is 17.5 Å². The fraction of sp³-hybridized carbons (Fsp3) is 0.588. The van der Waals surface area contributed by atoms with E-state index in [9.17, 15) is 18.0 Å². The average molecular weight is 361 g/mol. The van der Waals surface area contributed by atoms with Crippen molar-refractivity contribution in [3.05, 3.63) is 34.6 Å². The highest BCUT2D eigenvalue weighted by molar-refractivity contribution is 6.31. The molecule has 0 unspecified atom stereocenters. The molecular formula is C17H20ClF3N2O. The van der Waals surface area contributed by atoms with E-state index in [1.165, 1.54) is 6.07 Å². The van der Waals surface area contributed by atoms with Crippen LogP contribution < -0.4 is 10.6 Å². The Bertz CT molecular complexity index is 590. The molecule has 0 radical (unpaired) electrons. The van der Waals surface area contributed by atoms with E-state index in [0.29, 0.717) is 12.8 Å². The van der Waals surface area contributed by atoms with Gasteiger partial charge >= 0.3 is 0 Å². The Morgan fingerprint density at radius 3 is 2.38 bits per heavy atom. The summed E-state index contributed by atoms with van der Waals surface area (Å²) < 4.78 is 39.5. The largest absolute Gasteiger partial charge is 0.349 e. The lowest BCUT2D eigenvalue weighted by atomic mass is 9.84. The number of carbonyl (C=O) groups excluding carboxylic acids is 1. The molecule has 0 saturated heterocycles. The normalized spacial score (nSPS) is 26.7. The second-order valence-corrected chi connectivity index (χ2v) is 7.23. The molecule has 0 aromatic heterocycles. The molecule has 2 aliphatic carbocycles. The molecule has 0 heterocycles. The van der Waals surface area contributed by atoms with Crippen molar-refractivity contribution in [2.45, 2.75) is 62.6 Å². The van der Waals surface area contributed by atoms with Gasteiger partial charge in [0.15, 0.2) is 0 Å². The predicted molar refractivity (Wildman–Crippen MR) is 86.0 cm³/mol. The van der Waals surface area contributed by atoms with Gasteiger partial charge in [-0.25, -0.2) is 13.2 Å². The van der Waals surface area contributed by atoms with Gasteiger partial charge in [0.1, 0.15) is 5.82 Å². The molecule has 2 N–H and O–H groups in total. The van der Waals surface area contributed by atoms with Crippen LogP contribution in [-0.2, 0) is 0 Å². The van der Waals surface area contributed by atoms with Gasteiger partial charge < -0.3 is 10.6 Å². The Morgan fingerprint density at radius 1 is 1.08 bits per heavy atom. The number of carbonyl (C=O) groups is 1. The number of benzene rings is 1. The zero-order valence-corrected chi connectivity index (χ0v) is 13.9. The van der Waals surface area contributed by atoms with Crippen LogP contribution in [-0.4, -0.2) is 30.0 Å². The van der Waals surface area contributed by atoms with Crippen LogP contribution >= 0.6 is 11.6 Å². The molecule has 3 rings (SSSR count). The second kappa shape index (κ2) is 6.92. The van der Waals surface area contributed by atoms with Gasteiger partial charge in [0.25, 0.3) is 5.91 Å². The van der Waals surface area contributed by atoms with Gasteiger partial charge in [0.2, 0.25) is 5.92 Å². The molecule has 0 atom stereocenters. The molecule has 132 valence electrons. The van der Waals surface area contributed by atoms with E-state index in [1.807, 2.05) is 0 Å². The highest BCUT2D eigenvalue weighted by Crippen LogP contribution is 2.34. The Kier molecular flexibility index (Phi) is 5.06. The number of hydrogen-bond donors (Lipinski definition) is 2. The number of alkyl halides is 2. The number of hydrogen-bond acceptors (Lipinski definition) is 2. The lowest BCUT2D eigenvalue weighted by molar-refractivity contribution is -0.0423. The monoisotopic (exact) mass is 360 g/mol. The molecule has 1 aromatic rings. The van der Waals surface area contributed by atoms with E-state index >= 15 is 0 Å². The minimum absolute atomic E-state index is 0.0158. The minimum atomic E-state index is -2.51. The third-order valence-corrected chi connectivity index (χ3v) is 5.00. The molecule has 2 aliphatic rings. The highest BCUT2D eigenvalue weighted by atomic mass is 35.5. The minimum Gasteiger partial charge on any atom is -0.349 e. The summed E-state index contributed by atoms with van der Waals surface area (Å²) in [7, 11) is 0. The summed E-state index contributed by atoms with van der Waals surface area (Å²) in [6.07, 6.45) is 2.36. The standard InChI is InChI=1S/C17H20ClF3N2O/c18-11-5-10(6-12(19)7-11)16(24)23-15-8-14(9-15)22-13-1-3-17(20,21)4-2-13/h5-7,13-15,22H,1-4,8-9H2,(H,23,24). The summed E-state index contributed by atoms with van der Waals surface area (Å²) in [6.45, 7) is 0. The molecule has 0 aliphatic heterocycles. The summed E-state index contributed by atoms with van der Waals surface area (Å²) in [6, 6.07) is 4.11. The maximum absolute atomic E-state index is 13.3. The van der Waals surface area contributed by atoms with E-state index in [-0.39, 0.29) is 47.5 Å². The topological polar surface area (TPSA) is 41.1 Å². The lowest BCUT2D eigenvalue weighted by Gasteiger charge is -2.40. The summed E-state index contributed by atoms with van der Waals surface area (Å²) >= 11 is 5.75. The van der Waals surface area contributed by atoms with Crippen molar-refractivity contribution in [3.8, 4) is 0 Å². The fourth-order valence-corrected chi connectivity index (χ4v) is 3.59. The predicted octanol–water partition coefficient (Wildman–Crippen LogP) is 3.91. The van der Waals surface area contributed by atoms with Crippen molar-refractivity contribution < 1.29 is 18.0 Å². The van der Waals surface area contributed by atoms with Gasteiger partial charge in [0.05, 0.1) is 0 Å². The van der Waals surface area contributed by atoms with Crippen LogP contribution in [0.4, 0.5) is 13.2 Å². The van der Waals surface area contributed by atoms with E-state index in [2.05, 4.69) is 10.6 Å². The fourth-order valence-electron chi connectivity index (χ4n) is 3.37. The van der Waals surface area contributed by atoms with Crippen LogP contribution in [0.3, 0.4) is 0 Å². The first-order valence-corrected chi connectivity index (χ1v) is 8.59. The van der Waals surface area contributed by atoms with Crippen molar-refractivity contribution in [2.24, 2.45) is 0 Å². The van der Waals surface area contributed by atoms with Crippen LogP contribution in [0, 0.1) is 5.82 Å². The average Bonchev–Trinajstić information content (AvgIpc) is 2.45. The van der Waals surface area contributed by atoms with Crippen molar-refractivity contribution in [1.82, 2.24) is 10.6 Å². The van der Waals surface area contributed by atoms with Gasteiger partial charge in [-0.15, -0.1) is 0 Å². The Labute approximate surface area is 143 Å². The summed E-state index contributed by atoms with van der Waals surface area (Å²) in [5.41, 5.74) is 0.200. The van der Waals surface area contributed by atoms with Crippen molar-refractivity contribution in [1.29, 1.82) is 0 Å². The highest BCUT2D eigenvalue weighted by Gasteiger charge is 2.37. The Balaban J connectivity index is 1.41. The first kappa shape index (κ1) is 17.5. The van der Waals surface area contributed by atoms with Gasteiger partial charge in [-0.3, -0.25) is 4.79 Å². The maximum atomic E-state index is 13.3. The molecule has 0 bridgehead atoms. The van der Waals surface area contributed by atoms with Crippen LogP contribution in [0.1, 0.15) is 48.9 Å². The molecule has 0 spiro atoms. The Hall–Kier alpha value is -1.27. The Morgan fingerprint density at radius 2 is 1.75 bits per heavy atom. The lowest BCUT2D eigenvalue weighted by Crippen LogP contribution is -2.55. The maximum Gasteiger partial charge on any atom is 0.251 e. The van der Waals surface area contributed by atoms with Gasteiger partial charge in [-0.05, 0) is 43.9 Å². The van der Waals surface area contributed by atoms with E-state index in [1.54, 1.807) is 0 Å². The summed E-state index contributed by atoms with van der Waals surface area (Å²) in [5, 5.41) is 6.41. The van der Waals surface area contributed by atoms with E-state index in [4.69, 9.17) is 11.6 Å². The molecule has 24 heavy (non-hydrogen) atoms. The van der Waals surface area contributed by atoms with E-state index < -0.39 is 11.7 Å². The molecule has 7 heteroatoms. The first-order chi connectivity index (χ1) is 11.3. The summed E-state index contributed by atoms with van der Waals surface area (Å²) in [5.74, 6) is -3.41. The van der Waals surface area contributed by atoms with Crippen LogP contribution in [0.25, 0.3) is 0 Å². The van der Waals surface area contributed by atoms with Crippen LogP contribution in [0.5, 0.6) is 0 Å². The third-order valence-electron chi connectivity index (χ3n) is 4.79. The second-order valence-electron chi connectivity index (χ2n) is 6.79.